The smallest absolute Gasteiger partial charge is 0.338 e. The Morgan fingerprint density at radius 2 is 1.90 bits per heavy atom. The molecule has 0 aromatic carbocycles. The molecular formula is C18H22O11. The number of aliphatic hydroxyl groups is 4. The third kappa shape index (κ3) is 3.43. The summed E-state index contributed by atoms with van der Waals surface area (Å²) in [7, 11) is 0. The summed E-state index contributed by atoms with van der Waals surface area (Å²) >= 11 is 0. The normalized spacial score (nSPS) is 43.1. The maximum absolute atomic E-state index is 12.0. The quantitative estimate of drug-likeness (QED) is 0.283. The minimum absolute atomic E-state index is 0.0598. The van der Waals surface area contributed by atoms with Crippen molar-refractivity contribution in [1.29, 1.82) is 0 Å². The first-order valence-electron chi connectivity index (χ1n) is 9.18. The summed E-state index contributed by atoms with van der Waals surface area (Å²) in [6.07, 6.45) is -6.03. The van der Waals surface area contributed by atoms with Gasteiger partial charge in [-0.3, -0.25) is 4.79 Å². The first-order chi connectivity index (χ1) is 13.8. The van der Waals surface area contributed by atoms with Crippen molar-refractivity contribution in [2.75, 3.05) is 13.2 Å². The molecule has 11 nitrogen and oxygen atoms in total. The van der Waals surface area contributed by atoms with Crippen molar-refractivity contribution in [3.05, 3.63) is 23.5 Å². The predicted octanol–water partition coefficient (Wildman–Crippen LogP) is -2.30. The Hall–Kier alpha value is -2.02. The summed E-state index contributed by atoms with van der Waals surface area (Å²) in [4.78, 5) is 23.2. The average Bonchev–Trinajstić information content (AvgIpc) is 3.20. The van der Waals surface area contributed by atoms with Crippen LogP contribution in [-0.2, 0) is 33.3 Å². The van der Waals surface area contributed by atoms with Crippen molar-refractivity contribution in [3.63, 3.8) is 0 Å². The lowest BCUT2D eigenvalue weighted by atomic mass is 9.84. The standard InChI is InChI=1S/C18H22O11/c1-6(20)25-4-7-2-9-12-8(16(24)27-9)5-26-17(11(7)12)29-18-15(23)14(22)13(21)10(3-19)28-18/h2,5,9-15,17-19,21-23H,3-4H2,1H3/t9?,10-,11?,12?,13-,14+,15-,17?,18?/m1/s1. The SMILES string of the molecule is CC(=O)OCC1=CC2OC(=O)C3=COC(OC4O[C@H](CO)[C@@H](O)[C@H](O)[C@H]4O)C1C32. The second kappa shape index (κ2) is 7.67. The number of esters is 2. The molecule has 160 valence electrons. The van der Waals surface area contributed by atoms with Crippen LogP contribution in [-0.4, -0.2) is 88.7 Å². The molecule has 0 spiro atoms. The fraction of sp³-hybridized carbons (Fsp3) is 0.667. The summed E-state index contributed by atoms with van der Waals surface area (Å²) in [5, 5.41) is 39.4. The maximum Gasteiger partial charge on any atom is 0.338 e. The molecule has 1 aliphatic carbocycles. The van der Waals surface area contributed by atoms with Crippen LogP contribution in [0.3, 0.4) is 0 Å². The highest BCUT2D eigenvalue weighted by molar-refractivity contribution is 5.92. The molecule has 9 atom stereocenters. The van der Waals surface area contributed by atoms with Crippen LogP contribution in [0.5, 0.6) is 0 Å². The number of aliphatic hydroxyl groups excluding tert-OH is 4. The van der Waals surface area contributed by atoms with Gasteiger partial charge in [0.2, 0.25) is 6.29 Å². The van der Waals surface area contributed by atoms with Crippen molar-refractivity contribution in [2.45, 2.75) is 50.0 Å². The molecule has 2 fully saturated rings. The highest BCUT2D eigenvalue weighted by Gasteiger charge is 2.56. The van der Waals surface area contributed by atoms with Crippen molar-refractivity contribution in [2.24, 2.45) is 11.8 Å². The molecule has 0 aromatic rings. The monoisotopic (exact) mass is 414 g/mol. The third-order valence-corrected chi connectivity index (χ3v) is 5.57. The Bertz CT molecular complexity index is 744. The van der Waals surface area contributed by atoms with Gasteiger partial charge in [0.25, 0.3) is 0 Å². The maximum atomic E-state index is 12.0. The van der Waals surface area contributed by atoms with E-state index in [0.717, 1.165) is 0 Å². The highest BCUT2D eigenvalue weighted by atomic mass is 16.8. The Balaban J connectivity index is 1.56. The highest BCUT2D eigenvalue weighted by Crippen LogP contribution is 2.49. The zero-order chi connectivity index (χ0) is 20.9. The van der Waals surface area contributed by atoms with Crippen molar-refractivity contribution in [3.8, 4) is 0 Å². The van der Waals surface area contributed by atoms with Crippen LogP contribution in [0.4, 0.5) is 0 Å². The Labute approximate surface area is 165 Å². The molecule has 5 unspecified atom stereocenters. The van der Waals surface area contributed by atoms with Gasteiger partial charge in [0.05, 0.1) is 24.4 Å². The first kappa shape index (κ1) is 20.3. The van der Waals surface area contributed by atoms with Crippen LogP contribution in [0.25, 0.3) is 0 Å². The van der Waals surface area contributed by atoms with E-state index in [1.807, 2.05) is 0 Å². The molecule has 3 heterocycles. The van der Waals surface area contributed by atoms with Gasteiger partial charge in [-0.25, -0.2) is 4.79 Å². The summed E-state index contributed by atoms with van der Waals surface area (Å²) < 4.78 is 27.0. The van der Waals surface area contributed by atoms with E-state index in [1.54, 1.807) is 6.08 Å². The molecule has 2 saturated heterocycles. The molecule has 0 saturated carbocycles. The molecule has 0 bridgehead atoms. The largest absolute Gasteiger partial charge is 0.471 e. The van der Waals surface area contributed by atoms with Gasteiger partial charge in [0.1, 0.15) is 37.1 Å². The lowest BCUT2D eigenvalue weighted by Gasteiger charge is -2.42. The molecule has 11 heteroatoms. The van der Waals surface area contributed by atoms with Crippen LogP contribution in [0.1, 0.15) is 6.92 Å². The Morgan fingerprint density at radius 3 is 2.59 bits per heavy atom. The van der Waals surface area contributed by atoms with Gasteiger partial charge in [-0.1, -0.05) is 0 Å². The topological polar surface area (TPSA) is 161 Å². The minimum atomic E-state index is -1.61. The van der Waals surface area contributed by atoms with Gasteiger partial charge in [-0.2, -0.15) is 0 Å². The van der Waals surface area contributed by atoms with Gasteiger partial charge in [-0.05, 0) is 11.6 Å². The minimum Gasteiger partial charge on any atom is -0.471 e. The van der Waals surface area contributed by atoms with Gasteiger partial charge < -0.3 is 44.1 Å². The summed E-state index contributed by atoms with van der Waals surface area (Å²) in [5.74, 6) is -1.99. The van der Waals surface area contributed by atoms with Gasteiger partial charge in [0.15, 0.2) is 6.29 Å². The van der Waals surface area contributed by atoms with Gasteiger partial charge in [0, 0.05) is 12.8 Å². The molecule has 29 heavy (non-hydrogen) atoms. The van der Waals surface area contributed by atoms with E-state index in [4.69, 9.17) is 23.7 Å². The number of carbonyl (C=O) groups excluding carboxylic acids is 2. The van der Waals surface area contributed by atoms with E-state index < -0.39 is 73.5 Å². The van der Waals surface area contributed by atoms with E-state index in [1.165, 1.54) is 13.2 Å². The number of carbonyl (C=O) groups is 2. The van der Waals surface area contributed by atoms with Crippen LogP contribution >= 0.6 is 0 Å². The number of hydrogen-bond donors (Lipinski definition) is 4. The number of hydrogen-bond acceptors (Lipinski definition) is 11. The molecule has 4 N–H and O–H groups in total. The van der Waals surface area contributed by atoms with E-state index in [0.29, 0.717) is 11.1 Å². The van der Waals surface area contributed by atoms with Crippen molar-refractivity contribution in [1.82, 2.24) is 0 Å². The van der Waals surface area contributed by atoms with Gasteiger partial charge in [-0.15, -0.1) is 0 Å². The van der Waals surface area contributed by atoms with Crippen LogP contribution in [0.2, 0.25) is 0 Å². The first-order valence-corrected chi connectivity index (χ1v) is 9.18. The summed E-state index contributed by atoms with van der Waals surface area (Å²) in [5.41, 5.74) is 0.936. The lowest BCUT2D eigenvalue weighted by Crippen LogP contribution is -2.60. The lowest BCUT2D eigenvalue weighted by molar-refractivity contribution is -0.339. The zero-order valence-corrected chi connectivity index (χ0v) is 15.4. The van der Waals surface area contributed by atoms with Crippen molar-refractivity contribution >= 4 is 11.9 Å². The summed E-state index contributed by atoms with van der Waals surface area (Å²) in [6, 6.07) is 0. The predicted molar refractivity (Wildman–Crippen MR) is 89.4 cm³/mol. The second-order valence-electron chi connectivity index (χ2n) is 7.35. The van der Waals surface area contributed by atoms with E-state index in [2.05, 4.69) is 0 Å². The van der Waals surface area contributed by atoms with E-state index in [9.17, 15) is 30.0 Å². The van der Waals surface area contributed by atoms with Crippen LogP contribution in [0, 0.1) is 11.8 Å². The molecule has 0 radical (unpaired) electrons. The fourth-order valence-corrected chi connectivity index (χ4v) is 4.12. The van der Waals surface area contributed by atoms with Gasteiger partial charge >= 0.3 is 11.9 Å². The number of rotatable bonds is 5. The van der Waals surface area contributed by atoms with E-state index >= 15 is 0 Å². The molecule has 0 amide bonds. The molecular weight excluding hydrogens is 392 g/mol. The molecule has 0 aromatic heterocycles. The van der Waals surface area contributed by atoms with Crippen molar-refractivity contribution < 1.29 is 53.7 Å². The zero-order valence-electron chi connectivity index (χ0n) is 15.4. The Kier molecular flexibility index (Phi) is 5.36. The third-order valence-electron chi connectivity index (χ3n) is 5.57. The van der Waals surface area contributed by atoms with E-state index in [-0.39, 0.29) is 6.61 Å². The average molecular weight is 414 g/mol. The summed E-state index contributed by atoms with van der Waals surface area (Å²) in [6.45, 7) is 0.602. The second-order valence-corrected chi connectivity index (χ2v) is 7.35. The Morgan fingerprint density at radius 1 is 1.14 bits per heavy atom. The van der Waals surface area contributed by atoms with Crippen LogP contribution < -0.4 is 0 Å². The molecule has 4 aliphatic rings. The fourth-order valence-electron chi connectivity index (χ4n) is 4.12. The number of ether oxygens (including phenoxy) is 5. The molecule has 3 aliphatic heterocycles. The molecule has 4 rings (SSSR count). The van der Waals surface area contributed by atoms with Crippen LogP contribution in [0.15, 0.2) is 23.5 Å².